The molecule has 16 rings (SSSR count). The van der Waals surface area contributed by atoms with Crippen LogP contribution in [0.4, 0.5) is 0 Å². The smallest absolute Gasteiger partial charge is 1.00 e. The molecular formula is C108H164AlBLiN3O28S2. The van der Waals surface area contributed by atoms with Gasteiger partial charge in [-0.05, 0) is 293 Å². The number of carbonyl (C=O) groups excluding carboxylic acids is 4. The zero-order valence-corrected chi connectivity index (χ0v) is 87.3. The number of aryl methyl sites for hydroxylation is 1. The molecule has 0 aromatic heterocycles. The first-order valence-corrected chi connectivity index (χ1v) is 52.3. The van der Waals surface area contributed by atoms with E-state index in [0.29, 0.717) is 130 Å². The van der Waals surface area contributed by atoms with Crippen molar-refractivity contribution in [2.45, 2.75) is 185 Å². The quantitative estimate of drug-likeness (QED) is 0.00663. The van der Waals surface area contributed by atoms with Crippen LogP contribution in [0.25, 0.3) is 0 Å². The van der Waals surface area contributed by atoms with Crippen molar-refractivity contribution in [2.75, 3.05) is 205 Å². The van der Waals surface area contributed by atoms with Crippen molar-refractivity contribution in [1.29, 1.82) is 10.5 Å². The molecule has 6 N–H and O–H groups in total. The van der Waals surface area contributed by atoms with Crippen LogP contribution in [-0.4, -0.2) is 283 Å². The van der Waals surface area contributed by atoms with E-state index < -0.39 is 28.3 Å². The second kappa shape index (κ2) is 86.1. The first-order valence-electron chi connectivity index (χ1n) is 50.0. The molecule has 144 heavy (non-hydrogen) atoms. The molecule has 10 heterocycles. The molecule has 0 unspecified atom stereocenters. The largest absolute Gasteiger partial charge is 1.00 e. The van der Waals surface area contributed by atoms with Gasteiger partial charge in [0.1, 0.15) is 28.7 Å². The number of aliphatic hydroxyl groups excluding tert-OH is 3. The van der Waals surface area contributed by atoms with Gasteiger partial charge >= 0.3 is 36.8 Å². The number of methoxy groups -OCH3 is 2. The van der Waals surface area contributed by atoms with E-state index in [4.69, 9.17) is 102 Å². The average Bonchev–Trinajstić information content (AvgIpc) is 1.21. The average molecular weight is 2060 g/mol. The van der Waals surface area contributed by atoms with E-state index in [1.54, 1.807) is 85.1 Å². The van der Waals surface area contributed by atoms with Crippen LogP contribution < -0.4 is 43.5 Å². The fourth-order valence-electron chi connectivity index (χ4n) is 14.7. The molecule has 6 aromatic rings. The Morgan fingerprint density at radius 2 is 0.771 bits per heavy atom. The van der Waals surface area contributed by atoms with Gasteiger partial charge in [0, 0.05) is 144 Å². The van der Waals surface area contributed by atoms with Crippen molar-refractivity contribution in [3.63, 3.8) is 0 Å². The van der Waals surface area contributed by atoms with Crippen molar-refractivity contribution >= 4 is 71.6 Å². The van der Waals surface area contributed by atoms with Gasteiger partial charge in [-0.3, -0.25) is 13.8 Å². The third-order valence-electron chi connectivity index (χ3n) is 23.5. The molecule has 0 saturated carbocycles. The molecule has 2 atom stereocenters. The maximum atomic E-state index is 11.9. The zero-order valence-electron chi connectivity index (χ0n) is 86.6. The molecule has 36 heteroatoms. The van der Waals surface area contributed by atoms with Crippen LogP contribution in [-0.2, 0) is 80.7 Å². The van der Waals surface area contributed by atoms with Crippen molar-refractivity contribution in [3.05, 3.63) is 179 Å². The third kappa shape index (κ3) is 61.3. The maximum Gasteiger partial charge on any atom is 1.00 e. The number of ether oxygens (including phenoxy) is 17. The van der Waals surface area contributed by atoms with Gasteiger partial charge in [0.25, 0.3) is 10.1 Å². The summed E-state index contributed by atoms with van der Waals surface area (Å²) in [7, 11) is 3.55. The number of benzene rings is 6. The fraction of sp³-hybridized carbons (Fsp3) is 0.611. The number of ketones is 1. The Kier molecular flexibility index (Phi) is 79.2. The molecule has 0 amide bonds. The van der Waals surface area contributed by atoms with Gasteiger partial charge in [0.15, 0.2) is 23.1 Å². The van der Waals surface area contributed by atoms with Crippen molar-refractivity contribution in [2.24, 2.45) is 47.2 Å². The number of nitrogens with zero attached hydrogens (tertiary/aromatic N) is 2. The molecule has 0 aliphatic carbocycles. The standard InChI is InChI=1S/C15H23NO3.C15H19NO3.C15H17NO3.C14H18O4.C13H18O4S.C8H8O3.C8H14O3.C6H12O2.3C4H8O.CH3B.CH4S.Al.Li.4H/c3*16-7-4-15(17)13-2-1-3-14(10-13)19-11-12-5-8-18-9-6-12;1-16-14(15)12-3-2-4-13(9-12)18-10-11-5-7-17-8-6-11;1-11-2-4-13(5-3-11)18(14,15)17-10-12-6-8-16-9-7-12;1-11-8(10)6-3-2-4-7(9)5-6;1-2-11-8(9)7-3-5-10-6-4-7;7-5-6-1-3-8-4-2-6;3*1-2-4-5-3-1;2*1-2;;;;;;/h1-3,10,12,15,17H,4-9,11,16H2;1-3,10,12,15,17H,4-6,8-9,11H2;1-3,10,12H,4-6,8-9,11H2;2-4,9,11H,5-8,10H2,1H3;2-5,12H,6-10H2,1H3;2-5,9H,1H3;7H,2-6H2,1H3;6-7H,1-5H2;3*1-4H2;1H3;2H,1H3;;;;;;/q;;;;;;;;;;;;;;+1;;;;-1/t2*15-;;;;;;;;;;;;;;;;;/m11................./s1. The summed E-state index contributed by atoms with van der Waals surface area (Å²) in [5.74, 6) is 5.09. The first kappa shape index (κ1) is 132. The number of aliphatic hydroxyl groups is 3. The van der Waals surface area contributed by atoms with E-state index in [1.165, 1.54) is 71.7 Å². The SMILES string of the molecule is C1CCOC1.C1CCOC1.C1CCOC1.CCOC(=O)C1CCOCC1.COC(=O)c1cccc(O)c1.COC(=O)c1cccc(OCC2CCOCC2)c1.CS.Cc1ccc(S(=O)(=O)OCC2CCOCC2)cc1.N#CCC(=O)c1cccc(OCC2CCOCC2)c1.N#CC[C@@H](O)c1cccc(OCC2CCOCC2)c1.NCC[C@@H](O)c1cccc(OCC2CCOCC2)c1.OCC1CCOCC1.[AlH3].[B]C.[H-].[Li+]. The summed E-state index contributed by atoms with van der Waals surface area (Å²) in [4.78, 5) is 45.2. The Morgan fingerprint density at radius 3 is 1.10 bits per heavy atom. The minimum atomic E-state index is -3.62. The summed E-state index contributed by atoms with van der Waals surface area (Å²) >= 11 is 3.53. The summed E-state index contributed by atoms with van der Waals surface area (Å²) < 4.78 is 118. The van der Waals surface area contributed by atoms with Crippen LogP contribution in [0.1, 0.15) is 216 Å². The number of hydrogen-bond acceptors (Lipinski definition) is 32. The molecule has 6 aromatic carbocycles. The number of carbonyl (C=O) groups is 4. The van der Waals surface area contributed by atoms with E-state index in [0.717, 1.165) is 230 Å². The number of Topliss-reactive ketones (excluding diaryl/α,β-unsaturated/α-hetero) is 1. The predicted octanol–water partition coefficient (Wildman–Crippen LogP) is 12.9. The summed E-state index contributed by atoms with van der Waals surface area (Å²) in [6.07, 6.45) is 22.5. The molecular weight excluding hydrogens is 1900 g/mol. The zero-order chi connectivity index (χ0) is 103. The number of nitrogens with two attached hydrogens (primary N) is 1. The van der Waals surface area contributed by atoms with E-state index in [9.17, 15) is 37.8 Å². The second-order valence-electron chi connectivity index (χ2n) is 34.4. The molecule has 31 nitrogen and oxygen atoms in total. The Labute approximate surface area is 887 Å². The summed E-state index contributed by atoms with van der Waals surface area (Å²) in [6, 6.07) is 45.6. The second-order valence-corrected chi connectivity index (χ2v) is 36.0. The van der Waals surface area contributed by atoms with E-state index in [-0.39, 0.29) is 97.3 Å². The molecule has 2 radical (unpaired) electrons. The molecule has 10 aliphatic rings. The molecule has 0 bridgehead atoms. The first-order chi connectivity index (χ1) is 69.3. The van der Waals surface area contributed by atoms with Gasteiger partial charge < -0.3 is 108 Å². The van der Waals surface area contributed by atoms with Crippen LogP contribution in [0, 0.1) is 71.0 Å². The number of rotatable bonds is 28. The van der Waals surface area contributed by atoms with Gasteiger partial charge in [-0.2, -0.15) is 31.6 Å². The minimum absolute atomic E-state index is 0. The number of hydrogen-bond donors (Lipinski definition) is 6. The number of phenolic OH excluding ortho intramolecular Hbond substituents is 1. The summed E-state index contributed by atoms with van der Waals surface area (Å²) in [5, 5.41) is 54.4. The maximum absolute atomic E-state index is 11.9. The van der Waals surface area contributed by atoms with Crippen molar-refractivity contribution in [1.82, 2.24) is 0 Å². The predicted molar refractivity (Wildman–Crippen MR) is 557 cm³/mol. The third-order valence-corrected chi connectivity index (χ3v) is 24.8. The van der Waals surface area contributed by atoms with Gasteiger partial charge in [-0.1, -0.05) is 73.1 Å². The van der Waals surface area contributed by atoms with Crippen LogP contribution in [0.15, 0.2) is 150 Å². The summed E-state index contributed by atoms with van der Waals surface area (Å²) in [5.41, 5.74) is 9.49. The number of phenols is 1. The molecule has 10 aliphatic heterocycles. The Bertz CT molecular complexity index is 4400. The van der Waals surface area contributed by atoms with Crippen LogP contribution in [0.5, 0.6) is 28.7 Å². The molecule has 798 valence electrons. The van der Waals surface area contributed by atoms with Crippen LogP contribution in [0.2, 0.25) is 6.82 Å². The molecule has 10 saturated heterocycles. The van der Waals surface area contributed by atoms with Gasteiger partial charge in [-0.25, -0.2) is 9.59 Å². The normalized spacial score (nSPS) is 17.2. The van der Waals surface area contributed by atoms with E-state index in [1.807, 2.05) is 80.6 Å². The minimum Gasteiger partial charge on any atom is -1.00 e. The van der Waals surface area contributed by atoms with E-state index in [2.05, 4.69) is 29.9 Å². The van der Waals surface area contributed by atoms with E-state index >= 15 is 0 Å². The Balaban J connectivity index is 0.000000811. The molecule has 0 spiro atoms. The number of aromatic hydroxyl groups is 1. The van der Waals surface area contributed by atoms with Crippen LogP contribution in [0.3, 0.4) is 0 Å². The Hall–Kier alpha value is -7.73. The number of thiol groups is 1. The number of nitriles is 2. The topological polar surface area (TPSA) is 423 Å². The van der Waals surface area contributed by atoms with Gasteiger partial charge in [0.05, 0.1) is 121 Å². The van der Waals surface area contributed by atoms with Gasteiger partial charge in [0.2, 0.25) is 0 Å². The van der Waals surface area contributed by atoms with Gasteiger partial charge in [-0.15, -0.1) is 0 Å². The summed E-state index contributed by atoms with van der Waals surface area (Å²) in [6.45, 7) is 26.5. The van der Waals surface area contributed by atoms with Crippen LogP contribution >= 0.6 is 12.6 Å². The van der Waals surface area contributed by atoms with Crippen molar-refractivity contribution < 1.29 is 153 Å². The Morgan fingerprint density at radius 1 is 0.451 bits per heavy atom. The molecule has 10 fully saturated rings. The van der Waals surface area contributed by atoms with Crippen molar-refractivity contribution in [3.8, 4) is 40.9 Å². The fourth-order valence-corrected chi connectivity index (χ4v) is 15.7. The monoisotopic (exact) mass is 2060 g/mol. The number of esters is 3.